The van der Waals surface area contributed by atoms with Crippen LogP contribution in [0.15, 0.2) is 0 Å². The summed E-state index contributed by atoms with van der Waals surface area (Å²) in [6, 6.07) is -0.572. The molecule has 7 heteroatoms. The van der Waals surface area contributed by atoms with Gasteiger partial charge in [-0.3, -0.25) is 9.59 Å². The molecule has 0 radical (unpaired) electrons. The molecule has 0 saturated carbocycles. The maximum Gasteiger partial charge on any atom is 0.317 e. The third-order valence-corrected chi connectivity index (χ3v) is 5.26. The molecular formula is C17H30N4O3. The highest BCUT2D eigenvalue weighted by molar-refractivity contribution is 5.87. The van der Waals surface area contributed by atoms with Gasteiger partial charge in [-0.25, -0.2) is 4.79 Å². The summed E-state index contributed by atoms with van der Waals surface area (Å²) in [5, 5.41) is 2.84. The highest BCUT2D eigenvalue weighted by Crippen LogP contribution is 2.33. The predicted octanol–water partition coefficient (Wildman–Crippen LogP) is 0.786. The van der Waals surface area contributed by atoms with Crippen LogP contribution < -0.4 is 11.1 Å². The smallest absolute Gasteiger partial charge is 0.317 e. The van der Waals surface area contributed by atoms with Gasteiger partial charge in [0.15, 0.2) is 0 Å². The van der Waals surface area contributed by atoms with Crippen molar-refractivity contribution in [3.63, 3.8) is 0 Å². The van der Waals surface area contributed by atoms with Gasteiger partial charge in [0, 0.05) is 32.6 Å². The van der Waals surface area contributed by atoms with Gasteiger partial charge < -0.3 is 20.9 Å². The number of primary amides is 1. The van der Waals surface area contributed by atoms with Crippen LogP contribution in [0.4, 0.5) is 4.79 Å². The Morgan fingerprint density at radius 2 is 1.92 bits per heavy atom. The number of likely N-dealkylation sites (tertiary alicyclic amines) is 2. The van der Waals surface area contributed by atoms with Crippen molar-refractivity contribution in [2.45, 2.75) is 46.1 Å². The molecule has 0 bridgehead atoms. The monoisotopic (exact) mass is 338 g/mol. The summed E-state index contributed by atoms with van der Waals surface area (Å²) >= 11 is 0. The number of hydrogen-bond acceptors (Lipinski definition) is 3. The van der Waals surface area contributed by atoms with E-state index in [0.29, 0.717) is 38.5 Å². The van der Waals surface area contributed by atoms with Crippen LogP contribution in [-0.2, 0) is 9.59 Å². The Hall–Kier alpha value is -1.79. The van der Waals surface area contributed by atoms with Crippen molar-refractivity contribution < 1.29 is 14.4 Å². The zero-order valence-corrected chi connectivity index (χ0v) is 15.0. The molecule has 3 N–H and O–H groups in total. The molecule has 0 aromatic carbocycles. The molecule has 2 fully saturated rings. The number of fused-ring (bicyclic) bond motifs is 1. The van der Waals surface area contributed by atoms with Crippen molar-refractivity contribution in [3.8, 4) is 0 Å². The first kappa shape index (κ1) is 18.5. The Labute approximate surface area is 143 Å². The molecule has 0 aromatic rings. The molecule has 2 aliphatic heterocycles. The first-order valence-corrected chi connectivity index (χ1v) is 8.96. The molecule has 24 heavy (non-hydrogen) atoms. The number of hydrogen-bond donors (Lipinski definition) is 2. The Balaban J connectivity index is 2.07. The fraction of sp³-hybridized carbons (Fsp3) is 0.824. The van der Waals surface area contributed by atoms with Crippen LogP contribution in [0.3, 0.4) is 0 Å². The third-order valence-electron chi connectivity index (χ3n) is 5.26. The van der Waals surface area contributed by atoms with E-state index in [9.17, 15) is 14.4 Å². The average Bonchev–Trinajstić information content (AvgIpc) is 2.66. The molecule has 0 spiro atoms. The van der Waals surface area contributed by atoms with Crippen molar-refractivity contribution in [2.24, 2.45) is 23.5 Å². The van der Waals surface area contributed by atoms with Crippen LogP contribution in [0.5, 0.6) is 0 Å². The van der Waals surface area contributed by atoms with Gasteiger partial charge in [-0.15, -0.1) is 0 Å². The lowest BCUT2D eigenvalue weighted by atomic mass is 9.82. The minimum absolute atomic E-state index is 0.00147. The SMILES string of the molecule is CCNC(=O)N1CCC2CC(=O)N(C(C(N)=O)C(C)C)CCC2C1. The number of carbonyl (C=O) groups excluding carboxylic acids is 3. The summed E-state index contributed by atoms with van der Waals surface area (Å²) in [7, 11) is 0. The molecule has 2 rings (SSSR count). The number of nitrogens with zero attached hydrogens (tertiary/aromatic N) is 2. The lowest BCUT2D eigenvalue weighted by molar-refractivity contribution is -0.141. The van der Waals surface area contributed by atoms with Crippen molar-refractivity contribution in [2.75, 3.05) is 26.2 Å². The summed E-state index contributed by atoms with van der Waals surface area (Å²) in [6.07, 6.45) is 2.09. The van der Waals surface area contributed by atoms with Gasteiger partial charge >= 0.3 is 6.03 Å². The molecule has 3 atom stereocenters. The molecule has 0 aromatic heterocycles. The standard InChI is InChI=1S/C17H30N4O3/c1-4-19-17(24)20-7-5-12-9-14(22)21(8-6-13(12)10-20)15(11(2)3)16(18)23/h11-13,15H,4-10H2,1-3H3,(H2,18,23)(H,19,24). The number of amides is 4. The highest BCUT2D eigenvalue weighted by atomic mass is 16.2. The molecule has 2 aliphatic rings. The molecular weight excluding hydrogens is 308 g/mol. The van der Waals surface area contributed by atoms with Crippen molar-refractivity contribution in [3.05, 3.63) is 0 Å². The van der Waals surface area contributed by atoms with E-state index in [2.05, 4.69) is 5.32 Å². The number of piperidine rings is 1. The summed E-state index contributed by atoms with van der Waals surface area (Å²) in [5.74, 6) is 0.168. The number of carbonyl (C=O) groups is 3. The first-order valence-electron chi connectivity index (χ1n) is 8.96. The fourth-order valence-electron chi connectivity index (χ4n) is 4.03. The fourth-order valence-corrected chi connectivity index (χ4v) is 4.03. The summed E-state index contributed by atoms with van der Waals surface area (Å²) in [6.45, 7) is 8.25. The quantitative estimate of drug-likeness (QED) is 0.793. The minimum Gasteiger partial charge on any atom is -0.368 e. The van der Waals surface area contributed by atoms with Crippen LogP contribution >= 0.6 is 0 Å². The molecule has 0 aliphatic carbocycles. The number of urea groups is 1. The topological polar surface area (TPSA) is 95.7 Å². The normalized spacial score (nSPS) is 25.9. The van der Waals surface area contributed by atoms with Crippen LogP contribution in [0.1, 0.15) is 40.0 Å². The van der Waals surface area contributed by atoms with Gasteiger partial charge in [-0.2, -0.15) is 0 Å². The highest BCUT2D eigenvalue weighted by Gasteiger charge is 2.39. The molecule has 3 unspecified atom stereocenters. The molecule has 2 heterocycles. The molecule has 2 saturated heterocycles. The minimum atomic E-state index is -0.544. The number of nitrogens with one attached hydrogen (secondary N) is 1. The summed E-state index contributed by atoms with van der Waals surface area (Å²) < 4.78 is 0. The van der Waals surface area contributed by atoms with Crippen LogP contribution in [-0.4, -0.2) is 59.9 Å². The zero-order valence-electron chi connectivity index (χ0n) is 15.0. The van der Waals surface area contributed by atoms with Gasteiger partial charge in [0.2, 0.25) is 11.8 Å². The third kappa shape index (κ3) is 3.99. The van der Waals surface area contributed by atoms with Crippen LogP contribution in [0.25, 0.3) is 0 Å². The Kier molecular flexibility index (Phi) is 6.07. The van der Waals surface area contributed by atoms with E-state index in [1.165, 1.54) is 0 Å². The molecule has 7 nitrogen and oxygen atoms in total. The predicted molar refractivity (Wildman–Crippen MR) is 91.0 cm³/mol. The van der Waals surface area contributed by atoms with Gasteiger partial charge in [0.1, 0.15) is 6.04 Å². The molecule has 4 amide bonds. The second-order valence-corrected chi connectivity index (χ2v) is 7.26. The van der Waals surface area contributed by atoms with Gasteiger partial charge in [-0.1, -0.05) is 13.8 Å². The van der Waals surface area contributed by atoms with E-state index >= 15 is 0 Å². The van der Waals surface area contributed by atoms with Gasteiger partial charge in [-0.05, 0) is 37.5 Å². The lowest BCUT2D eigenvalue weighted by Gasteiger charge is -2.37. The van der Waals surface area contributed by atoms with Crippen molar-refractivity contribution in [1.29, 1.82) is 0 Å². The Bertz CT molecular complexity index is 494. The second kappa shape index (κ2) is 7.85. The first-order chi connectivity index (χ1) is 11.3. The maximum absolute atomic E-state index is 12.7. The summed E-state index contributed by atoms with van der Waals surface area (Å²) in [4.78, 5) is 40.0. The van der Waals surface area contributed by atoms with E-state index in [4.69, 9.17) is 5.73 Å². The molecule has 136 valence electrons. The van der Waals surface area contributed by atoms with Crippen molar-refractivity contribution >= 4 is 17.8 Å². The number of nitrogens with two attached hydrogens (primary N) is 1. The largest absolute Gasteiger partial charge is 0.368 e. The Morgan fingerprint density at radius 3 is 2.50 bits per heavy atom. The second-order valence-electron chi connectivity index (χ2n) is 7.26. The van der Waals surface area contributed by atoms with Crippen LogP contribution in [0, 0.1) is 17.8 Å². The van der Waals surface area contributed by atoms with E-state index in [1.54, 1.807) is 4.90 Å². The number of rotatable bonds is 4. The van der Waals surface area contributed by atoms with Gasteiger partial charge in [0.05, 0.1) is 0 Å². The average molecular weight is 338 g/mol. The Morgan fingerprint density at radius 1 is 1.25 bits per heavy atom. The van der Waals surface area contributed by atoms with E-state index in [-0.39, 0.29) is 23.8 Å². The lowest BCUT2D eigenvalue weighted by Crippen LogP contribution is -2.50. The van der Waals surface area contributed by atoms with E-state index in [1.807, 2.05) is 25.7 Å². The van der Waals surface area contributed by atoms with E-state index in [0.717, 1.165) is 12.8 Å². The zero-order chi connectivity index (χ0) is 17.9. The van der Waals surface area contributed by atoms with E-state index < -0.39 is 11.9 Å². The maximum atomic E-state index is 12.7. The van der Waals surface area contributed by atoms with Gasteiger partial charge in [0.25, 0.3) is 0 Å². The van der Waals surface area contributed by atoms with Crippen molar-refractivity contribution in [1.82, 2.24) is 15.1 Å². The van der Waals surface area contributed by atoms with Crippen LogP contribution in [0.2, 0.25) is 0 Å². The summed E-state index contributed by atoms with van der Waals surface area (Å²) in [5.41, 5.74) is 5.53.